The Labute approximate surface area is 313 Å². The smallest absolute Gasteiger partial charge is 0.412 e. The summed E-state index contributed by atoms with van der Waals surface area (Å²) in [5.41, 5.74) is 3.91. The van der Waals surface area contributed by atoms with Gasteiger partial charge in [-0.25, -0.2) is 23.2 Å². The maximum Gasteiger partial charge on any atom is 0.412 e. The monoisotopic (exact) mass is 760 g/mol. The molecule has 0 saturated heterocycles. The van der Waals surface area contributed by atoms with Crippen molar-refractivity contribution in [1.29, 1.82) is 0 Å². The summed E-state index contributed by atoms with van der Waals surface area (Å²) in [4.78, 5) is 66.2. The van der Waals surface area contributed by atoms with Crippen LogP contribution in [-0.4, -0.2) is 72.1 Å². The standard InChI is InChI=1S/C38H38F2N6O9/c1-53-26-15-12-22(13-16-26)18-29(33(41)47)44-34(48)38(52)20-30(46-35(49)45-28-17-14-23(39)19-27(28)40)32(55-37(51)43-25-10-6-3-7-11-25)31(21-38)54-36(50)42-24-8-4-2-5-9-24/h2-17,19,29-32,52H,18,20-21H2,1H3,(H2,41,47)(H,42,50)(H,43,51)(H,44,48)(H2,45,46,49). The van der Waals surface area contributed by atoms with Gasteiger partial charge in [0.25, 0.3) is 5.91 Å². The summed E-state index contributed by atoms with van der Waals surface area (Å²) in [5, 5.41) is 24.1. The summed E-state index contributed by atoms with van der Waals surface area (Å²) in [6.07, 6.45) is -6.85. The Morgan fingerprint density at radius 2 is 1.42 bits per heavy atom. The highest BCUT2D eigenvalue weighted by atomic mass is 19.1. The second-order valence-corrected chi connectivity index (χ2v) is 12.5. The molecular weight excluding hydrogens is 722 g/mol. The molecule has 0 heterocycles. The van der Waals surface area contributed by atoms with Crippen LogP contribution < -0.4 is 37.1 Å². The number of anilines is 3. The Bertz CT molecular complexity index is 1990. The van der Waals surface area contributed by atoms with E-state index in [-0.39, 0.29) is 6.42 Å². The Kier molecular flexibility index (Phi) is 12.8. The predicted molar refractivity (Wildman–Crippen MR) is 195 cm³/mol. The molecule has 288 valence electrons. The molecule has 5 atom stereocenters. The van der Waals surface area contributed by atoms with E-state index in [1.54, 1.807) is 84.9 Å². The fraction of sp³-hybridized carbons (Fsp3) is 0.237. The molecule has 1 fully saturated rings. The Hall–Kier alpha value is -6.75. The second-order valence-electron chi connectivity index (χ2n) is 12.5. The van der Waals surface area contributed by atoms with Gasteiger partial charge in [-0.15, -0.1) is 0 Å². The molecule has 1 aliphatic carbocycles. The van der Waals surface area contributed by atoms with Crippen LogP contribution in [0.3, 0.4) is 0 Å². The van der Waals surface area contributed by atoms with Gasteiger partial charge in [-0.2, -0.15) is 0 Å². The molecular formula is C38H38F2N6O9. The van der Waals surface area contributed by atoms with E-state index in [0.717, 1.165) is 12.1 Å². The SMILES string of the molecule is COc1ccc(CC(NC(=O)C2(O)CC(NC(=O)Nc3ccc(F)cc3F)C(OC(=O)Nc3ccccc3)C(OC(=O)Nc3ccccc3)C2)C(N)=O)cc1. The van der Waals surface area contributed by atoms with Gasteiger partial charge in [0.1, 0.15) is 35.1 Å². The number of aliphatic hydroxyl groups is 1. The maximum atomic E-state index is 14.5. The molecule has 5 unspecified atom stereocenters. The van der Waals surface area contributed by atoms with Crippen molar-refractivity contribution in [3.05, 3.63) is 120 Å². The highest BCUT2D eigenvalue weighted by Crippen LogP contribution is 2.34. The van der Waals surface area contributed by atoms with Crippen LogP contribution in [-0.2, 0) is 25.5 Å². The molecule has 4 aromatic rings. The molecule has 17 heteroatoms. The van der Waals surface area contributed by atoms with Crippen LogP contribution in [0.2, 0.25) is 0 Å². The van der Waals surface area contributed by atoms with Crippen molar-refractivity contribution in [2.75, 3.05) is 23.1 Å². The molecule has 15 nitrogen and oxygen atoms in total. The number of carbonyl (C=O) groups excluding carboxylic acids is 5. The molecule has 1 saturated carbocycles. The van der Waals surface area contributed by atoms with Gasteiger partial charge in [0.15, 0.2) is 6.10 Å². The molecule has 6 amide bonds. The van der Waals surface area contributed by atoms with Crippen molar-refractivity contribution >= 4 is 47.1 Å². The minimum Gasteiger partial charge on any atom is -0.497 e. The first kappa shape index (κ1) is 39.5. The zero-order valence-corrected chi connectivity index (χ0v) is 29.3. The molecule has 0 radical (unpaired) electrons. The van der Waals surface area contributed by atoms with Crippen LogP contribution in [0.1, 0.15) is 18.4 Å². The average Bonchev–Trinajstić information content (AvgIpc) is 3.15. The Morgan fingerprint density at radius 1 is 0.818 bits per heavy atom. The van der Waals surface area contributed by atoms with Gasteiger partial charge >= 0.3 is 18.2 Å². The van der Waals surface area contributed by atoms with Crippen molar-refractivity contribution in [3.8, 4) is 5.75 Å². The first-order valence-corrected chi connectivity index (χ1v) is 16.9. The number of ether oxygens (including phenoxy) is 3. The lowest BCUT2D eigenvalue weighted by atomic mass is 9.77. The predicted octanol–water partition coefficient (Wildman–Crippen LogP) is 4.44. The van der Waals surface area contributed by atoms with Gasteiger partial charge in [-0.3, -0.25) is 20.2 Å². The van der Waals surface area contributed by atoms with E-state index in [4.69, 9.17) is 19.9 Å². The number of nitrogens with two attached hydrogens (primary N) is 1. The number of para-hydroxylation sites is 2. The quantitative estimate of drug-likeness (QED) is 0.108. The van der Waals surface area contributed by atoms with Crippen molar-refractivity contribution in [2.45, 2.75) is 49.2 Å². The van der Waals surface area contributed by atoms with Crippen LogP contribution in [0.5, 0.6) is 5.75 Å². The molecule has 0 spiro atoms. The molecule has 4 aromatic carbocycles. The fourth-order valence-corrected chi connectivity index (χ4v) is 5.89. The topological polar surface area (TPSA) is 219 Å². The second kappa shape index (κ2) is 17.8. The number of halogens is 2. The van der Waals surface area contributed by atoms with Gasteiger partial charge in [-0.1, -0.05) is 48.5 Å². The first-order valence-electron chi connectivity index (χ1n) is 16.9. The minimum absolute atomic E-state index is 0.0841. The van der Waals surface area contributed by atoms with Gasteiger partial charge in [0, 0.05) is 36.7 Å². The van der Waals surface area contributed by atoms with E-state index in [0.29, 0.717) is 28.8 Å². The Morgan fingerprint density at radius 3 is 1.98 bits per heavy atom. The van der Waals surface area contributed by atoms with E-state index in [2.05, 4.69) is 26.6 Å². The van der Waals surface area contributed by atoms with E-state index in [1.165, 1.54) is 7.11 Å². The first-order chi connectivity index (χ1) is 26.3. The molecule has 55 heavy (non-hydrogen) atoms. The lowest BCUT2D eigenvalue weighted by Gasteiger charge is -2.44. The number of rotatable bonds is 12. The summed E-state index contributed by atoms with van der Waals surface area (Å²) in [6, 6.07) is 21.2. The van der Waals surface area contributed by atoms with Gasteiger partial charge in [-0.05, 0) is 54.1 Å². The summed E-state index contributed by atoms with van der Waals surface area (Å²) in [7, 11) is 1.48. The summed E-state index contributed by atoms with van der Waals surface area (Å²) in [6.45, 7) is 0. The third-order valence-corrected chi connectivity index (χ3v) is 8.57. The number of nitrogens with one attached hydrogen (secondary N) is 5. The van der Waals surface area contributed by atoms with E-state index in [9.17, 15) is 37.9 Å². The van der Waals surface area contributed by atoms with Gasteiger partial charge < -0.3 is 41.0 Å². The molecule has 0 aliphatic heterocycles. The molecule has 1 aliphatic rings. The van der Waals surface area contributed by atoms with E-state index >= 15 is 0 Å². The molecule has 5 rings (SSSR count). The largest absolute Gasteiger partial charge is 0.497 e. The normalized spacial score (nSPS) is 19.5. The summed E-state index contributed by atoms with van der Waals surface area (Å²) in [5.74, 6) is -3.54. The average molecular weight is 761 g/mol. The molecule has 8 N–H and O–H groups in total. The number of urea groups is 1. The lowest BCUT2D eigenvalue weighted by molar-refractivity contribution is -0.158. The fourth-order valence-electron chi connectivity index (χ4n) is 5.89. The van der Waals surface area contributed by atoms with E-state index < -0.39 is 90.1 Å². The van der Waals surface area contributed by atoms with E-state index in [1.807, 2.05) is 0 Å². The molecule has 0 aromatic heterocycles. The highest BCUT2D eigenvalue weighted by molar-refractivity contribution is 5.92. The Balaban J connectivity index is 1.45. The van der Waals surface area contributed by atoms with Crippen molar-refractivity contribution in [1.82, 2.24) is 10.6 Å². The number of hydrogen-bond acceptors (Lipinski definition) is 9. The van der Waals surface area contributed by atoms with Crippen molar-refractivity contribution in [3.63, 3.8) is 0 Å². The van der Waals surface area contributed by atoms with Crippen molar-refractivity contribution in [2.24, 2.45) is 5.73 Å². The van der Waals surface area contributed by atoms with Crippen LogP contribution in [0.4, 0.5) is 40.2 Å². The highest BCUT2D eigenvalue weighted by Gasteiger charge is 2.53. The van der Waals surface area contributed by atoms with Crippen LogP contribution >= 0.6 is 0 Å². The van der Waals surface area contributed by atoms with Crippen molar-refractivity contribution < 1.29 is 52.1 Å². The lowest BCUT2D eigenvalue weighted by Crippen LogP contribution is -2.66. The zero-order chi connectivity index (χ0) is 39.5. The number of benzene rings is 4. The van der Waals surface area contributed by atoms with Crippen LogP contribution in [0, 0.1) is 11.6 Å². The number of primary amides is 1. The third-order valence-electron chi connectivity index (χ3n) is 8.57. The van der Waals surface area contributed by atoms with Gasteiger partial charge in [0.05, 0.1) is 18.8 Å². The molecule has 0 bridgehead atoms. The maximum absolute atomic E-state index is 14.5. The minimum atomic E-state index is -2.51. The number of amides is 6. The van der Waals surface area contributed by atoms with Crippen LogP contribution in [0.15, 0.2) is 103 Å². The number of hydrogen-bond donors (Lipinski definition) is 7. The zero-order valence-electron chi connectivity index (χ0n) is 29.3. The summed E-state index contributed by atoms with van der Waals surface area (Å²) < 4.78 is 44.6. The number of methoxy groups -OCH3 is 1. The number of carbonyl (C=O) groups is 5. The summed E-state index contributed by atoms with van der Waals surface area (Å²) >= 11 is 0. The third kappa shape index (κ3) is 10.9. The van der Waals surface area contributed by atoms with Gasteiger partial charge in [0.2, 0.25) is 5.91 Å². The van der Waals surface area contributed by atoms with Crippen LogP contribution in [0.25, 0.3) is 0 Å².